The van der Waals surface area contributed by atoms with E-state index in [4.69, 9.17) is 11.6 Å². The zero-order chi connectivity index (χ0) is 7.90. The summed E-state index contributed by atoms with van der Waals surface area (Å²) in [7, 11) is 0. The lowest BCUT2D eigenvalue weighted by Crippen LogP contribution is -1.89. The molecule has 0 radical (unpaired) electrons. The van der Waals surface area contributed by atoms with Gasteiger partial charge in [0.25, 0.3) is 0 Å². The predicted octanol–water partition coefficient (Wildman–Crippen LogP) is 3.08. The Balaban J connectivity index is 2.21. The topological polar surface area (TPSA) is 0 Å². The Kier molecular flexibility index (Phi) is 1.43. The van der Waals surface area contributed by atoms with E-state index in [0.717, 1.165) is 5.56 Å². The van der Waals surface area contributed by atoms with Crippen molar-refractivity contribution >= 4 is 11.6 Å². The first kappa shape index (κ1) is 7.11. The molecule has 0 N–H and O–H groups in total. The first-order chi connectivity index (χ1) is 5.20. The quantitative estimate of drug-likeness (QED) is 0.569. The van der Waals surface area contributed by atoms with Crippen molar-refractivity contribution in [1.82, 2.24) is 0 Å². The Morgan fingerprint density at radius 2 is 1.91 bits per heavy atom. The number of halogens is 2. The fourth-order valence-corrected chi connectivity index (χ4v) is 1.54. The number of alkyl halides is 2. The summed E-state index contributed by atoms with van der Waals surface area (Å²) in [6, 6.07) is 9.55. The predicted molar refractivity (Wildman–Crippen MR) is 43.5 cm³/mol. The summed E-state index contributed by atoms with van der Waals surface area (Å²) in [4.78, 5) is 0. The van der Waals surface area contributed by atoms with Gasteiger partial charge in [-0.2, -0.15) is 0 Å². The molecular weight excluding hydrogens is 163 g/mol. The van der Waals surface area contributed by atoms with E-state index in [1.54, 1.807) is 0 Å². The molecule has 2 atom stereocenters. The molecule has 2 heteroatoms. The average molecular weight is 171 g/mol. The van der Waals surface area contributed by atoms with Gasteiger partial charge in [0.05, 0.1) is 0 Å². The molecule has 1 unspecified atom stereocenters. The van der Waals surface area contributed by atoms with Crippen molar-refractivity contribution in [3.05, 3.63) is 35.9 Å². The van der Waals surface area contributed by atoms with Crippen molar-refractivity contribution in [3.63, 3.8) is 0 Å². The molecule has 58 valence electrons. The number of hydrogen-bond acceptors (Lipinski definition) is 0. The summed E-state index contributed by atoms with van der Waals surface area (Å²) in [5.74, 6) is -0.0784. The molecule has 0 amide bonds. The van der Waals surface area contributed by atoms with Gasteiger partial charge in [-0.1, -0.05) is 41.9 Å². The molecule has 11 heavy (non-hydrogen) atoms. The van der Waals surface area contributed by atoms with Gasteiger partial charge in [0.1, 0.15) is 0 Å². The Bertz CT molecular complexity index is 256. The van der Waals surface area contributed by atoms with Crippen molar-refractivity contribution in [2.24, 2.45) is 0 Å². The minimum absolute atomic E-state index is 0.0784. The standard InChI is InChI=1S/C9H8ClF/c10-9(11)6-8(9)7-4-2-1-3-5-7/h1-5,8H,6H2/t8-,9?/m0/s1. The second-order valence-corrected chi connectivity index (χ2v) is 3.56. The molecule has 0 aromatic heterocycles. The molecule has 1 aliphatic carbocycles. The van der Waals surface area contributed by atoms with Crippen LogP contribution in [0.1, 0.15) is 17.9 Å². The van der Waals surface area contributed by atoms with E-state index in [-0.39, 0.29) is 5.92 Å². The summed E-state index contributed by atoms with van der Waals surface area (Å²) >= 11 is 5.48. The molecular formula is C9H8ClF. The average Bonchev–Trinajstić information content (AvgIpc) is 2.62. The van der Waals surface area contributed by atoms with Gasteiger partial charge in [0.2, 0.25) is 0 Å². The fraction of sp³-hybridized carbons (Fsp3) is 0.333. The van der Waals surface area contributed by atoms with Gasteiger partial charge < -0.3 is 0 Å². The smallest absolute Gasteiger partial charge is 0.191 e. The van der Waals surface area contributed by atoms with Gasteiger partial charge in [-0.3, -0.25) is 0 Å². The van der Waals surface area contributed by atoms with Crippen molar-refractivity contribution < 1.29 is 4.39 Å². The van der Waals surface area contributed by atoms with Gasteiger partial charge in [-0.15, -0.1) is 0 Å². The normalized spacial score (nSPS) is 35.3. The monoisotopic (exact) mass is 170 g/mol. The molecule has 0 bridgehead atoms. The summed E-state index contributed by atoms with van der Waals surface area (Å²) in [6.07, 6.45) is 0.457. The van der Waals surface area contributed by atoms with Crippen molar-refractivity contribution in [3.8, 4) is 0 Å². The Morgan fingerprint density at radius 3 is 2.36 bits per heavy atom. The Morgan fingerprint density at radius 1 is 1.36 bits per heavy atom. The van der Waals surface area contributed by atoms with E-state index in [1.807, 2.05) is 30.3 Å². The summed E-state index contributed by atoms with van der Waals surface area (Å²) < 4.78 is 12.9. The van der Waals surface area contributed by atoms with E-state index < -0.39 is 5.13 Å². The first-order valence-corrected chi connectivity index (χ1v) is 4.01. The van der Waals surface area contributed by atoms with Crippen LogP contribution < -0.4 is 0 Å². The van der Waals surface area contributed by atoms with Crippen LogP contribution in [-0.2, 0) is 0 Å². The number of benzene rings is 1. The highest BCUT2D eigenvalue weighted by molar-refractivity contribution is 6.25. The second-order valence-electron chi connectivity index (χ2n) is 2.93. The molecule has 1 aromatic rings. The molecule has 1 saturated carbocycles. The Labute approximate surface area is 70.0 Å². The summed E-state index contributed by atoms with van der Waals surface area (Å²) in [5.41, 5.74) is 1.00. The molecule has 0 heterocycles. The minimum Gasteiger partial charge on any atom is -0.226 e. The highest BCUT2D eigenvalue weighted by atomic mass is 35.5. The second kappa shape index (κ2) is 2.21. The van der Waals surface area contributed by atoms with E-state index in [0.29, 0.717) is 6.42 Å². The fourth-order valence-electron chi connectivity index (χ4n) is 1.26. The molecule has 1 fully saturated rings. The van der Waals surface area contributed by atoms with Crippen molar-refractivity contribution in [2.45, 2.75) is 17.5 Å². The van der Waals surface area contributed by atoms with Gasteiger partial charge >= 0.3 is 0 Å². The summed E-state index contributed by atoms with van der Waals surface area (Å²) in [5, 5.41) is -1.46. The molecule has 0 spiro atoms. The third-order valence-corrected chi connectivity index (χ3v) is 2.45. The van der Waals surface area contributed by atoms with Crippen LogP contribution in [0.2, 0.25) is 0 Å². The molecule has 0 nitrogen and oxygen atoms in total. The summed E-state index contributed by atoms with van der Waals surface area (Å²) in [6.45, 7) is 0. The van der Waals surface area contributed by atoms with E-state index in [2.05, 4.69) is 0 Å². The van der Waals surface area contributed by atoms with Crippen LogP contribution in [0.3, 0.4) is 0 Å². The Hall–Kier alpha value is -0.560. The van der Waals surface area contributed by atoms with Crippen molar-refractivity contribution in [1.29, 1.82) is 0 Å². The highest BCUT2D eigenvalue weighted by Gasteiger charge is 2.54. The van der Waals surface area contributed by atoms with Crippen LogP contribution in [0.15, 0.2) is 30.3 Å². The zero-order valence-corrected chi connectivity index (χ0v) is 6.68. The number of rotatable bonds is 1. The van der Waals surface area contributed by atoms with E-state index in [1.165, 1.54) is 0 Å². The van der Waals surface area contributed by atoms with Crippen molar-refractivity contribution in [2.75, 3.05) is 0 Å². The van der Waals surface area contributed by atoms with Crippen LogP contribution >= 0.6 is 11.6 Å². The van der Waals surface area contributed by atoms with Crippen LogP contribution in [0.4, 0.5) is 4.39 Å². The lowest BCUT2D eigenvalue weighted by Gasteiger charge is -1.97. The van der Waals surface area contributed by atoms with E-state index in [9.17, 15) is 4.39 Å². The SMILES string of the molecule is FC1(Cl)C[C@H]1c1ccccc1. The molecule has 2 rings (SSSR count). The van der Waals surface area contributed by atoms with Crippen LogP contribution in [0.5, 0.6) is 0 Å². The number of hydrogen-bond donors (Lipinski definition) is 0. The van der Waals surface area contributed by atoms with Gasteiger partial charge in [0.15, 0.2) is 5.13 Å². The van der Waals surface area contributed by atoms with Crippen LogP contribution in [0.25, 0.3) is 0 Å². The highest BCUT2D eigenvalue weighted by Crippen LogP contribution is 2.57. The van der Waals surface area contributed by atoms with Gasteiger partial charge in [-0.25, -0.2) is 4.39 Å². The third-order valence-electron chi connectivity index (χ3n) is 2.03. The maximum absolute atomic E-state index is 12.9. The minimum atomic E-state index is -1.46. The maximum Gasteiger partial charge on any atom is 0.191 e. The largest absolute Gasteiger partial charge is 0.226 e. The maximum atomic E-state index is 12.9. The molecule has 0 aliphatic heterocycles. The molecule has 1 aromatic carbocycles. The third kappa shape index (κ3) is 1.25. The van der Waals surface area contributed by atoms with E-state index >= 15 is 0 Å². The van der Waals surface area contributed by atoms with Gasteiger partial charge in [-0.05, 0) is 5.56 Å². The molecule has 0 saturated heterocycles. The zero-order valence-electron chi connectivity index (χ0n) is 5.93. The lowest BCUT2D eigenvalue weighted by atomic mass is 10.1. The van der Waals surface area contributed by atoms with Gasteiger partial charge in [0, 0.05) is 12.3 Å². The lowest BCUT2D eigenvalue weighted by molar-refractivity contribution is 0.416. The van der Waals surface area contributed by atoms with Crippen LogP contribution in [0, 0.1) is 0 Å². The first-order valence-electron chi connectivity index (χ1n) is 3.63. The van der Waals surface area contributed by atoms with Crippen LogP contribution in [-0.4, -0.2) is 5.13 Å². The molecule has 1 aliphatic rings.